The van der Waals surface area contributed by atoms with E-state index in [9.17, 15) is 0 Å². The second kappa shape index (κ2) is 7.24. The van der Waals surface area contributed by atoms with E-state index in [1.54, 1.807) is 0 Å². The Kier molecular flexibility index (Phi) is 4.48. The Labute approximate surface area is 154 Å². The number of allylic oxidation sites excluding steroid dienone is 4. The van der Waals surface area contributed by atoms with Gasteiger partial charge in [-0.15, -0.1) is 0 Å². The second-order valence-corrected chi connectivity index (χ2v) is 6.20. The monoisotopic (exact) mass is 336 g/mol. The molecule has 1 aliphatic heterocycles. The first-order chi connectivity index (χ1) is 12.8. The van der Waals surface area contributed by atoms with Gasteiger partial charge in [-0.2, -0.15) is 0 Å². The molecule has 0 unspecified atom stereocenters. The van der Waals surface area contributed by atoms with Crippen molar-refractivity contribution < 1.29 is 0 Å². The van der Waals surface area contributed by atoms with Crippen LogP contribution in [0.4, 0.5) is 11.4 Å². The van der Waals surface area contributed by atoms with Crippen LogP contribution < -0.4 is 4.90 Å². The van der Waals surface area contributed by atoms with Gasteiger partial charge in [0.2, 0.25) is 0 Å². The zero-order valence-electron chi connectivity index (χ0n) is 14.7. The van der Waals surface area contributed by atoms with Crippen LogP contribution in [0.5, 0.6) is 0 Å². The van der Waals surface area contributed by atoms with Crippen LogP contribution in [0, 0.1) is 0 Å². The molecule has 2 nitrogen and oxygen atoms in total. The number of anilines is 1. The molecule has 4 rings (SSSR count). The molecule has 0 aliphatic carbocycles. The smallest absolute Gasteiger partial charge is 0.0707 e. The highest BCUT2D eigenvalue weighted by molar-refractivity contribution is 5.94. The lowest BCUT2D eigenvalue weighted by molar-refractivity contribution is 1.12. The number of aliphatic imine (C=N–C) groups is 1. The van der Waals surface area contributed by atoms with E-state index in [2.05, 4.69) is 77.6 Å². The fourth-order valence-electron chi connectivity index (χ4n) is 3.18. The molecular weight excluding hydrogens is 316 g/mol. The van der Waals surface area contributed by atoms with Crippen molar-refractivity contribution in [1.29, 1.82) is 0 Å². The predicted octanol–water partition coefficient (Wildman–Crippen LogP) is 6.15. The molecule has 1 aliphatic rings. The van der Waals surface area contributed by atoms with Crippen LogP contribution in [0.2, 0.25) is 0 Å². The third-order valence-electron chi connectivity index (χ3n) is 4.56. The van der Waals surface area contributed by atoms with E-state index in [0.29, 0.717) is 0 Å². The Morgan fingerprint density at radius 3 is 2.58 bits per heavy atom. The maximum Gasteiger partial charge on any atom is 0.0707 e. The molecule has 0 aromatic heterocycles. The number of para-hydroxylation sites is 1. The average molecular weight is 336 g/mol. The number of nitrogens with zero attached hydrogens (tertiary/aromatic N) is 2. The Morgan fingerprint density at radius 2 is 1.62 bits per heavy atom. The van der Waals surface area contributed by atoms with Gasteiger partial charge in [0.05, 0.1) is 5.69 Å². The molecule has 0 saturated heterocycles. The Hall–Kier alpha value is -3.39. The molecule has 0 fully saturated rings. The highest BCUT2D eigenvalue weighted by Gasteiger charge is 2.11. The molecule has 2 heteroatoms. The van der Waals surface area contributed by atoms with Gasteiger partial charge in [0, 0.05) is 30.0 Å². The molecule has 0 bridgehead atoms. The summed E-state index contributed by atoms with van der Waals surface area (Å²) in [6.45, 7) is 0. The van der Waals surface area contributed by atoms with E-state index in [-0.39, 0.29) is 0 Å². The normalized spacial score (nSPS) is 15.4. The van der Waals surface area contributed by atoms with Crippen LogP contribution in [0.1, 0.15) is 5.56 Å². The molecule has 0 amide bonds. The molecule has 3 aromatic carbocycles. The minimum absolute atomic E-state index is 0.990. The molecule has 126 valence electrons. The molecule has 1 heterocycles. The lowest BCUT2D eigenvalue weighted by Crippen LogP contribution is -2.18. The van der Waals surface area contributed by atoms with E-state index < -0.39 is 0 Å². The van der Waals surface area contributed by atoms with Gasteiger partial charge < -0.3 is 4.90 Å². The first-order valence-electron chi connectivity index (χ1n) is 8.72. The minimum atomic E-state index is 0.990. The maximum absolute atomic E-state index is 4.60. The zero-order valence-corrected chi connectivity index (χ0v) is 14.7. The van der Waals surface area contributed by atoms with Crippen molar-refractivity contribution in [1.82, 2.24) is 0 Å². The molecule has 0 saturated carbocycles. The van der Waals surface area contributed by atoms with Crippen molar-refractivity contribution in [2.45, 2.75) is 0 Å². The second-order valence-electron chi connectivity index (χ2n) is 6.20. The van der Waals surface area contributed by atoms with Crippen LogP contribution in [-0.2, 0) is 0 Å². The van der Waals surface area contributed by atoms with Gasteiger partial charge >= 0.3 is 0 Å². The summed E-state index contributed by atoms with van der Waals surface area (Å²) in [7, 11) is 2.09. The summed E-state index contributed by atoms with van der Waals surface area (Å²) in [6.07, 6.45) is 12.2. The van der Waals surface area contributed by atoms with Crippen LogP contribution in [0.15, 0.2) is 102 Å². The van der Waals surface area contributed by atoms with Gasteiger partial charge in [0.25, 0.3) is 0 Å². The van der Waals surface area contributed by atoms with Gasteiger partial charge in [0.1, 0.15) is 0 Å². The first kappa shape index (κ1) is 16.1. The predicted molar refractivity (Wildman–Crippen MR) is 113 cm³/mol. The van der Waals surface area contributed by atoms with E-state index in [4.69, 9.17) is 0 Å². The van der Waals surface area contributed by atoms with Crippen molar-refractivity contribution in [2.75, 3.05) is 11.9 Å². The summed E-state index contributed by atoms with van der Waals surface area (Å²) >= 11 is 0. The Morgan fingerprint density at radius 1 is 0.808 bits per heavy atom. The fraction of sp³-hybridized carbons (Fsp3) is 0.0417. The van der Waals surface area contributed by atoms with Gasteiger partial charge in [0.15, 0.2) is 0 Å². The standard InChI is InChI=1S/C24H20N2/c1-26-21(17-16-20-10-3-5-15-24(20)26)12-6-7-18-25-23-14-8-11-19-9-2-4-13-22(19)23/h2-18H,1H3/b7-6-,21-12+,25-18?. The van der Waals surface area contributed by atoms with Crippen LogP contribution in [-0.4, -0.2) is 13.3 Å². The van der Waals surface area contributed by atoms with Crippen LogP contribution in [0.3, 0.4) is 0 Å². The van der Waals surface area contributed by atoms with E-state index in [0.717, 1.165) is 11.4 Å². The minimum Gasteiger partial charge on any atom is -0.344 e. The topological polar surface area (TPSA) is 15.6 Å². The highest BCUT2D eigenvalue weighted by Crippen LogP contribution is 2.29. The van der Waals surface area contributed by atoms with Crippen molar-refractivity contribution in [3.63, 3.8) is 0 Å². The van der Waals surface area contributed by atoms with E-state index >= 15 is 0 Å². The molecule has 3 aromatic rings. The average Bonchev–Trinajstić information content (AvgIpc) is 2.69. The lowest BCUT2D eigenvalue weighted by Gasteiger charge is -2.25. The van der Waals surface area contributed by atoms with Gasteiger partial charge in [-0.3, -0.25) is 4.99 Å². The third kappa shape index (κ3) is 3.22. The SMILES string of the molecule is CN1/C(=C/C=C\C=Nc2cccc3ccccc23)C=Cc2ccccc21. The number of benzene rings is 3. The summed E-state index contributed by atoms with van der Waals surface area (Å²) < 4.78 is 0. The molecular formula is C24H20N2. The third-order valence-corrected chi connectivity index (χ3v) is 4.56. The lowest BCUT2D eigenvalue weighted by atomic mass is 10.1. The zero-order chi connectivity index (χ0) is 17.8. The van der Waals surface area contributed by atoms with Crippen molar-refractivity contribution in [2.24, 2.45) is 4.99 Å². The van der Waals surface area contributed by atoms with Gasteiger partial charge in [-0.25, -0.2) is 0 Å². The highest BCUT2D eigenvalue weighted by atomic mass is 15.1. The van der Waals surface area contributed by atoms with E-state index in [1.807, 2.05) is 42.6 Å². The van der Waals surface area contributed by atoms with E-state index in [1.165, 1.54) is 22.0 Å². The Bertz CT molecular complexity index is 1050. The summed E-state index contributed by atoms with van der Waals surface area (Å²) in [5, 5.41) is 2.38. The Balaban J connectivity index is 1.51. The summed E-state index contributed by atoms with van der Waals surface area (Å²) in [4.78, 5) is 6.80. The number of hydrogen-bond donors (Lipinski definition) is 0. The van der Waals surface area contributed by atoms with Crippen molar-refractivity contribution in [3.05, 3.63) is 102 Å². The molecule has 0 spiro atoms. The van der Waals surface area contributed by atoms with Gasteiger partial charge in [-0.1, -0.05) is 66.7 Å². The largest absolute Gasteiger partial charge is 0.344 e. The molecule has 0 N–H and O–H groups in total. The molecule has 0 atom stereocenters. The fourth-order valence-corrected chi connectivity index (χ4v) is 3.18. The number of likely N-dealkylation sites (N-methyl/N-ethyl adjacent to an activating group) is 1. The first-order valence-corrected chi connectivity index (χ1v) is 8.72. The molecule has 26 heavy (non-hydrogen) atoms. The number of rotatable bonds is 3. The maximum atomic E-state index is 4.60. The van der Waals surface area contributed by atoms with Crippen LogP contribution in [0.25, 0.3) is 16.8 Å². The van der Waals surface area contributed by atoms with Gasteiger partial charge in [-0.05, 0) is 41.3 Å². The summed E-state index contributed by atoms with van der Waals surface area (Å²) in [5.41, 5.74) is 4.61. The van der Waals surface area contributed by atoms with Crippen molar-refractivity contribution in [3.8, 4) is 0 Å². The summed E-state index contributed by atoms with van der Waals surface area (Å²) in [5.74, 6) is 0. The summed E-state index contributed by atoms with van der Waals surface area (Å²) in [6, 6.07) is 22.9. The number of hydrogen-bond acceptors (Lipinski definition) is 2. The van der Waals surface area contributed by atoms with Crippen molar-refractivity contribution >= 4 is 34.4 Å². The number of fused-ring (bicyclic) bond motifs is 2. The quantitative estimate of drug-likeness (QED) is 0.524. The molecule has 0 radical (unpaired) electrons. The van der Waals surface area contributed by atoms with Crippen LogP contribution >= 0.6 is 0 Å².